The van der Waals surface area contributed by atoms with Crippen molar-refractivity contribution in [1.29, 1.82) is 0 Å². The first-order valence-electron chi connectivity index (χ1n) is 14.9. The van der Waals surface area contributed by atoms with E-state index in [2.05, 4.69) is 27.7 Å². The average molecular weight is 492 g/mol. The highest BCUT2D eigenvalue weighted by Gasteiger charge is 2.64. The Hall–Kier alpha value is -0.810. The fourth-order valence-corrected chi connectivity index (χ4v) is 10.0. The Bertz CT molecular complexity index is 740. The lowest BCUT2D eigenvalue weighted by atomic mass is 9.41. The molecular weight excluding hydrogens is 438 g/mol. The Labute approximate surface area is 214 Å². The molecule has 4 aliphatic carbocycles. The highest BCUT2D eigenvalue weighted by Crippen LogP contribution is 2.69. The molecule has 4 saturated carbocycles. The van der Waals surface area contributed by atoms with E-state index < -0.39 is 0 Å². The van der Waals surface area contributed by atoms with Gasteiger partial charge in [-0.2, -0.15) is 0 Å². The lowest BCUT2D eigenvalue weighted by Gasteiger charge is -2.64. The van der Waals surface area contributed by atoms with Crippen molar-refractivity contribution in [3.8, 4) is 0 Å². The van der Waals surface area contributed by atoms with Gasteiger partial charge in [0.05, 0.1) is 18.8 Å². The third-order valence-electron chi connectivity index (χ3n) is 12.0. The number of carbonyl (C=O) groups excluding carboxylic acids is 1. The van der Waals surface area contributed by atoms with Gasteiger partial charge in [0.1, 0.15) is 0 Å². The minimum atomic E-state index is -0.234. The Morgan fingerprint density at radius 1 is 0.971 bits per heavy atom. The van der Waals surface area contributed by atoms with Gasteiger partial charge >= 0.3 is 6.09 Å². The first-order valence-corrected chi connectivity index (χ1v) is 14.9. The largest absolute Gasteiger partial charge is 0.449 e. The van der Waals surface area contributed by atoms with Crippen LogP contribution in [0.5, 0.6) is 0 Å². The van der Waals surface area contributed by atoms with Crippen LogP contribution in [0.15, 0.2) is 0 Å². The highest BCUT2D eigenvalue weighted by molar-refractivity contribution is 5.67. The van der Waals surface area contributed by atoms with Crippen LogP contribution in [0, 0.1) is 52.3 Å². The Morgan fingerprint density at radius 2 is 1.63 bits per heavy atom. The molecule has 0 aliphatic heterocycles. The van der Waals surface area contributed by atoms with Crippen LogP contribution in [0.1, 0.15) is 99.3 Å². The van der Waals surface area contributed by atoms with E-state index in [1.165, 1.54) is 25.7 Å². The molecule has 0 aromatic heterocycles. The zero-order chi connectivity index (χ0) is 25.5. The number of hydrogen-bond acceptors (Lipinski definition) is 4. The van der Waals surface area contributed by atoms with E-state index in [1.54, 1.807) is 4.90 Å². The second kappa shape index (κ2) is 10.5. The van der Waals surface area contributed by atoms with Gasteiger partial charge in [0.2, 0.25) is 0 Å². The summed E-state index contributed by atoms with van der Waals surface area (Å²) in [5, 5.41) is 22.3. The summed E-state index contributed by atoms with van der Waals surface area (Å²) in [5.41, 5.74) is 0.521. The van der Waals surface area contributed by atoms with Gasteiger partial charge in [-0.15, -0.1) is 0 Å². The van der Waals surface area contributed by atoms with Crippen LogP contribution in [0.3, 0.4) is 0 Å². The molecule has 0 radical (unpaired) electrons. The predicted molar refractivity (Wildman–Crippen MR) is 140 cm³/mol. The molecule has 11 atom stereocenters. The van der Waals surface area contributed by atoms with E-state index in [1.807, 2.05) is 13.8 Å². The molecule has 0 heterocycles. The SMILES string of the molecule is CC[C@H]1[C@@H](O)[C@@H]2[C@H](CC[C@]3(C)C([C@H](C)CCOC(=O)N(CC)CC)CC[C@@H]23)[C@@]2(C)CC[C@@H](O)C[C@@H]12. The first-order chi connectivity index (χ1) is 16.6. The minimum absolute atomic E-state index is 0.186. The summed E-state index contributed by atoms with van der Waals surface area (Å²) in [5.74, 6) is 3.48. The van der Waals surface area contributed by atoms with Gasteiger partial charge < -0.3 is 19.8 Å². The topological polar surface area (TPSA) is 70.0 Å². The molecule has 0 saturated heterocycles. The maximum Gasteiger partial charge on any atom is 0.409 e. The standard InChI is InChI=1S/C30H53NO4/c1-7-21-25-18-20(32)12-15-30(25,6)24-13-16-29(5)22(10-11-23(29)26(24)27(21)33)19(4)14-17-35-28(34)31(8-2)9-3/h19-27,32-33H,7-18H2,1-6H3/t19-,20-,21-,22?,23+,24+,25+,26+,27-,29-,30-/m1/s1. The molecule has 35 heavy (non-hydrogen) atoms. The van der Waals surface area contributed by atoms with E-state index >= 15 is 0 Å². The van der Waals surface area contributed by atoms with Gasteiger partial charge in [0, 0.05) is 13.1 Å². The normalized spacial score (nSPS) is 45.7. The molecule has 2 N–H and O–H groups in total. The van der Waals surface area contributed by atoms with Crippen LogP contribution in [-0.2, 0) is 4.74 Å². The smallest absolute Gasteiger partial charge is 0.409 e. The number of aliphatic hydroxyl groups is 2. The first kappa shape index (κ1) is 27.2. The predicted octanol–water partition coefficient (Wildman–Crippen LogP) is 6.12. The zero-order valence-corrected chi connectivity index (χ0v) is 23.3. The third kappa shape index (κ3) is 4.56. The van der Waals surface area contributed by atoms with E-state index in [4.69, 9.17) is 4.74 Å². The fraction of sp³-hybridized carbons (Fsp3) is 0.967. The van der Waals surface area contributed by atoms with Gasteiger partial charge in [0.25, 0.3) is 0 Å². The Balaban J connectivity index is 1.47. The van der Waals surface area contributed by atoms with Crippen molar-refractivity contribution in [1.82, 2.24) is 4.90 Å². The second-order valence-corrected chi connectivity index (χ2v) is 13.2. The van der Waals surface area contributed by atoms with Gasteiger partial charge in [-0.1, -0.05) is 34.1 Å². The number of amides is 1. The summed E-state index contributed by atoms with van der Waals surface area (Å²) in [7, 11) is 0. The number of rotatable bonds is 7. The zero-order valence-electron chi connectivity index (χ0n) is 23.3. The monoisotopic (exact) mass is 491 g/mol. The highest BCUT2D eigenvalue weighted by atomic mass is 16.6. The maximum atomic E-state index is 12.3. The lowest BCUT2D eigenvalue weighted by molar-refractivity contribution is -0.203. The average Bonchev–Trinajstić information content (AvgIpc) is 3.18. The van der Waals surface area contributed by atoms with E-state index in [9.17, 15) is 15.0 Å². The number of nitrogens with zero attached hydrogens (tertiary/aromatic N) is 1. The molecule has 4 rings (SSSR count). The number of aliphatic hydroxyl groups excluding tert-OH is 2. The molecule has 1 unspecified atom stereocenters. The van der Waals surface area contributed by atoms with Crippen LogP contribution in [0.2, 0.25) is 0 Å². The van der Waals surface area contributed by atoms with Crippen molar-refractivity contribution in [3.05, 3.63) is 0 Å². The lowest BCUT2D eigenvalue weighted by Crippen LogP contribution is -2.62. The van der Waals surface area contributed by atoms with Crippen molar-refractivity contribution in [2.24, 2.45) is 52.3 Å². The molecular formula is C30H53NO4. The van der Waals surface area contributed by atoms with Crippen molar-refractivity contribution >= 4 is 6.09 Å². The summed E-state index contributed by atoms with van der Waals surface area (Å²) in [6.45, 7) is 15.5. The Kier molecular flexibility index (Phi) is 8.18. The molecule has 0 spiro atoms. The van der Waals surface area contributed by atoms with Gasteiger partial charge in [0.15, 0.2) is 0 Å². The molecule has 5 heteroatoms. The number of carbonyl (C=O) groups is 1. The number of fused-ring (bicyclic) bond motifs is 5. The summed E-state index contributed by atoms with van der Waals surface area (Å²) in [6.07, 6.45) is 9.18. The van der Waals surface area contributed by atoms with Crippen LogP contribution in [-0.4, -0.2) is 53.1 Å². The molecule has 0 aromatic rings. The van der Waals surface area contributed by atoms with E-state index in [0.717, 1.165) is 32.1 Å². The summed E-state index contributed by atoms with van der Waals surface area (Å²) < 4.78 is 5.62. The van der Waals surface area contributed by atoms with Gasteiger partial charge in [-0.25, -0.2) is 4.79 Å². The van der Waals surface area contributed by atoms with Crippen LogP contribution >= 0.6 is 0 Å². The minimum Gasteiger partial charge on any atom is -0.449 e. The fourth-order valence-electron chi connectivity index (χ4n) is 10.0. The van der Waals surface area contributed by atoms with Crippen molar-refractivity contribution in [3.63, 3.8) is 0 Å². The van der Waals surface area contributed by atoms with Crippen molar-refractivity contribution in [2.75, 3.05) is 19.7 Å². The summed E-state index contributed by atoms with van der Waals surface area (Å²) in [6, 6.07) is 0. The third-order valence-corrected chi connectivity index (χ3v) is 12.0. The quantitative estimate of drug-likeness (QED) is 0.450. The number of hydrogen-bond donors (Lipinski definition) is 2. The van der Waals surface area contributed by atoms with Crippen molar-refractivity contribution < 1.29 is 19.7 Å². The molecule has 5 nitrogen and oxygen atoms in total. The Morgan fingerprint density at radius 3 is 2.29 bits per heavy atom. The van der Waals surface area contributed by atoms with Crippen LogP contribution in [0.25, 0.3) is 0 Å². The summed E-state index contributed by atoms with van der Waals surface area (Å²) >= 11 is 0. The number of ether oxygens (including phenoxy) is 1. The van der Waals surface area contributed by atoms with E-state index in [0.29, 0.717) is 61.1 Å². The molecule has 1 amide bonds. The van der Waals surface area contributed by atoms with Crippen LogP contribution in [0.4, 0.5) is 4.79 Å². The van der Waals surface area contributed by atoms with Crippen LogP contribution < -0.4 is 0 Å². The molecule has 4 fully saturated rings. The van der Waals surface area contributed by atoms with Gasteiger partial charge in [-0.3, -0.25) is 0 Å². The summed E-state index contributed by atoms with van der Waals surface area (Å²) in [4.78, 5) is 14.0. The van der Waals surface area contributed by atoms with Crippen molar-refractivity contribution in [2.45, 2.75) is 112 Å². The molecule has 4 aliphatic rings. The maximum absolute atomic E-state index is 12.3. The second-order valence-electron chi connectivity index (χ2n) is 13.2. The van der Waals surface area contributed by atoms with E-state index in [-0.39, 0.29) is 29.1 Å². The molecule has 202 valence electrons. The molecule has 0 aromatic carbocycles. The van der Waals surface area contributed by atoms with Gasteiger partial charge in [-0.05, 0) is 117 Å². The molecule has 0 bridgehead atoms.